The largest absolute Gasteiger partial charge is 0.522 e. The molecular weight excluding hydrogens is 227 g/mol. The molecule has 0 atom stereocenters. The summed E-state index contributed by atoms with van der Waals surface area (Å²) in [6.07, 6.45) is -9.55. The van der Waals surface area contributed by atoms with Crippen LogP contribution in [0.25, 0.3) is 0 Å². The van der Waals surface area contributed by atoms with Gasteiger partial charge in [-0.2, -0.15) is 8.78 Å². The van der Waals surface area contributed by atoms with Gasteiger partial charge in [0.15, 0.2) is 6.61 Å². The van der Waals surface area contributed by atoms with E-state index in [2.05, 4.69) is 16.1 Å². The van der Waals surface area contributed by atoms with Gasteiger partial charge in [-0.3, -0.25) is 4.74 Å². The molecule has 0 heterocycles. The van der Waals surface area contributed by atoms with E-state index in [1.807, 2.05) is 0 Å². The Balaban J connectivity index is 4.19. The summed E-state index contributed by atoms with van der Waals surface area (Å²) in [6.45, 7) is 1.96. The van der Waals surface area contributed by atoms with Crippen molar-refractivity contribution < 1.29 is 36.2 Å². The molecule has 0 fully saturated rings. The Hall–Kier alpha value is -1.18. The predicted molar refractivity (Wildman–Crippen MR) is 37.9 cm³/mol. The van der Waals surface area contributed by atoms with Crippen LogP contribution in [-0.2, 0) is 14.3 Å². The van der Waals surface area contributed by atoms with Crippen molar-refractivity contribution in [2.75, 3.05) is 6.61 Å². The van der Waals surface area contributed by atoms with Crippen LogP contribution in [0.2, 0.25) is 0 Å². The maximum Gasteiger partial charge on any atom is 0.522 e. The molecule has 0 aliphatic heterocycles. The molecule has 0 bridgehead atoms. The Morgan fingerprint density at radius 1 is 1.27 bits per heavy atom. The summed E-state index contributed by atoms with van der Waals surface area (Å²) >= 11 is 0. The van der Waals surface area contributed by atoms with Gasteiger partial charge >= 0.3 is 18.4 Å². The van der Waals surface area contributed by atoms with Crippen LogP contribution in [0.15, 0.2) is 12.2 Å². The highest BCUT2D eigenvalue weighted by Gasteiger charge is 2.41. The summed E-state index contributed by atoms with van der Waals surface area (Å²) in [5, 5.41) is 0. The minimum Gasteiger partial charge on any atom is -0.396 e. The van der Waals surface area contributed by atoms with Crippen LogP contribution >= 0.6 is 0 Å². The average molecular weight is 234 g/mol. The Labute approximate surface area is 81.5 Å². The lowest BCUT2D eigenvalue weighted by atomic mass is 10.4. The molecule has 0 aromatic rings. The van der Waals surface area contributed by atoms with Crippen molar-refractivity contribution in [1.82, 2.24) is 0 Å². The third-order valence-corrected chi connectivity index (χ3v) is 0.994. The van der Waals surface area contributed by atoms with Crippen molar-refractivity contribution in [2.24, 2.45) is 0 Å². The van der Waals surface area contributed by atoms with Gasteiger partial charge in [0.25, 0.3) is 0 Å². The highest BCUT2D eigenvalue weighted by molar-refractivity contribution is 5.87. The highest BCUT2D eigenvalue weighted by atomic mass is 19.4. The topological polar surface area (TPSA) is 35.5 Å². The second-order valence-corrected chi connectivity index (χ2v) is 2.54. The van der Waals surface area contributed by atoms with E-state index in [4.69, 9.17) is 0 Å². The Bertz CT molecular complexity index is 258. The van der Waals surface area contributed by atoms with Crippen molar-refractivity contribution in [3.63, 3.8) is 0 Å². The van der Waals surface area contributed by atoms with Gasteiger partial charge in [0, 0.05) is 5.57 Å². The monoisotopic (exact) mass is 234 g/mol. The number of hydrogen-bond acceptors (Lipinski definition) is 3. The van der Waals surface area contributed by atoms with Crippen LogP contribution in [0.1, 0.15) is 6.92 Å². The Morgan fingerprint density at radius 3 is 2.07 bits per heavy atom. The maximum absolute atomic E-state index is 12.5. The zero-order valence-corrected chi connectivity index (χ0v) is 7.53. The molecule has 0 saturated carbocycles. The fourth-order valence-corrected chi connectivity index (χ4v) is 0.418. The van der Waals surface area contributed by atoms with E-state index in [-0.39, 0.29) is 5.57 Å². The molecule has 15 heavy (non-hydrogen) atoms. The van der Waals surface area contributed by atoms with Crippen molar-refractivity contribution in [2.45, 2.75) is 19.4 Å². The van der Waals surface area contributed by atoms with Crippen LogP contribution in [0.3, 0.4) is 0 Å². The normalized spacial score (nSPS) is 12.4. The lowest BCUT2D eigenvalue weighted by molar-refractivity contribution is -0.363. The number of ether oxygens (including phenoxy) is 2. The number of carbonyl (C=O) groups excluding carboxylic acids is 1. The zero-order chi connectivity index (χ0) is 12.3. The number of hydrogen-bond donors (Lipinski definition) is 0. The van der Waals surface area contributed by atoms with Crippen LogP contribution in [0.5, 0.6) is 0 Å². The molecule has 0 unspecified atom stereocenters. The lowest BCUT2D eigenvalue weighted by Crippen LogP contribution is -2.33. The summed E-state index contributed by atoms with van der Waals surface area (Å²) in [7, 11) is 0. The van der Waals surface area contributed by atoms with Crippen LogP contribution in [0.4, 0.5) is 22.0 Å². The Morgan fingerprint density at radius 2 is 1.73 bits per heavy atom. The first-order valence-corrected chi connectivity index (χ1v) is 3.51. The van der Waals surface area contributed by atoms with E-state index in [1.54, 1.807) is 0 Å². The molecule has 88 valence electrons. The van der Waals surface area contributed by atoms with Gasteiger partial charge in [-0.25, -0.2) is 4.79 Å². The minimum absolute atomic E-state index is 0.360. The maximum atomic E-state index is 12.5. The summed E-state index contributed by atoms with van der Waals surface area (Å²) in [6, 6.07) is 0. The van der Waals surface area contributed by atoms with Crippen LogP contribution in [0, 0.1) is 0 Å². The zero-order valence-electron chi connectivity index (χ0n) is 7.53. The molecule has 0 radical (unpaired) electrons. The molecule has 8 heteroatoms. The van der Waals surface area contributed by atoms with Gasteiger partial charge in [0.05, 0.1) is 0 Å². The fourth-order valence-electron chi connectivity index (χ4n) is 0.418. The van der Waals surface area contributed by atoms with Gasteiger partial charge in [-0.15, -0.1) is 13.2 Å². The molecule has 0 amide bonds. The van der Waals surface area contributed by atoms with E-state index in [1.165, 1.54) is 0 Å². The molecule has 0 aromatic heterocycles. The average Bonchev–Trinajstić information content (AvgIpc) is 1.99. The molecule has 0 spiro atoms. The highest BCUT2D eigenvalue weighted by Crippen LogP contribution is 2.23. The molecule has 3 nitrogen and oxygen atoms in total. The van der Waals surface area contributed by atoms with Crippen molar-refractivity contribution in [3.8, 4) is 0 Å². The predicted octanol–water partition coefficient (Wildman–Crippen LogP) is 2.23. The molecule has 0 aliphatic carbocycles. The first kappa shape index (κ1) is 13.8. The first-order valence-electron chi connectivity index (χ1n) is 3.51. The first-order chi connectivity index (χ1) is 6.53. The summed E-state index contributed by atoms with van der Waals surface area (Å²) < 4.78 is 65.2. The second kappa shape index (κ2) is 4.56. The lowest BCUT2D eigenvalue weighted by Gasteiger charge is -2.17. The van der Waals surface area contributed by atoms with Crippen molar-refractivity contribution in [1.29, 1.82) is 0 Å². The van der Waals surface area contributed by atoms with Gasteiger partial charge in [0.1, 0.15) is 0 Å². The summed E-state index contributed by atoms with van der Waals surface area (Å²) in [4.78, 5) is 10.5. The quantitative estimate of drug-likeness (QED) is 0.425. The summed E-state index contributed by atoms with van der Waals surface area (Å²) in [5.41, 5.74) is -0.360. The van der Waals surface area contributed by atoms with E-state index < -0.39 is 25.0 Å². The van der Waals surface area contributed by atoms with Gasteiger partial charge in [-0.1, -0.05) is 6.58 Å². The smallest absolute Gasteiger partial charge is 0.396 e. The number of carbonyl (C=O) groups is 1. The third-order valence-electron chi connectivity index (χ3n) is 0.994. The number of halogens is 5. The van der Waals surface area contributed by atoms with E-state index in [0.29, 0.717) is 0 Å². The van der Waals surface area contributed by atoms with Gasteiger partial charge in [-0.05, 0) is 6.92 Å². The Kier molecular flexibility index (Phi) is 4.20. The molecule has 0 aromatic carbocycles. The van der Waals surface area contributed by atoms with E-state index in [9.17, 15) is 26.7 Å². The molecule has 0 aliphatic rings. The standard InChI is InChI=1S/C7H7F5O3/c1-4(2)5(13)15-6(8,9)3-14-7(10,11)12/h1,3H2,2H3. The SMILES string of the molecule is C=C(C)C(=O)OC(F)(F)COC(F)(F)F. The number of rotatable bonds is 4. The van der Waals surface area contributed by atoms with E-state index >= 15 is 0 Å². The molecule has 0 saturated heterocycles. The van der Waals surface area contributed by atoms with Gasteiger partial charge in [0.2, 0.25) is 0 Å². The molecule has 0 N–H and O–H groups in total. The van der Waals surface area contributed by atoms with E-state index in [0.717, 1.165) is 6.92 Å². The number of esters is 1. The minimum atomic E-state index is -5.21. The molecule has 0 rings (SSSR count). The fraction of sp³-hybridized carbons (Fsp3) is 0.571. The van der Waals surface area contributed by atoms with Gasteiger partial charge < -0.3 is 4.74 Å². The van der Waals surface area contributed by atoms with Crippen molar-refractivity contribution in [3.05, 3.63) is 12.2 Å². The third kappa shape index (κ3) is 6.83. The summed E-state index contributed by atoms with van der Waals surface area (Å²) in [5.74, 6) is -1.49. The second-order valence-electron chi connectivity index (χ2n) is 2.54. The van der Waals surface area contributed by atoms with Crippen LogP contribution < -0.4 is 0 Å². The van der Waals surface area contributed by atoms with Crippen LogP contribution in [-0.4, -0.2) is 25.0 Å². The number of alkyl halides is 5. The van der Waals surface area contributed by atoms with Crippen molar-refractivity contribution >= 4 is 5.97 Å². The molecular formula is C7H7F5O3.